The summed E-state index contributed by atoms with van der Waals surface area (Å²) in [6.07, 6.45) is 1.53. The van der Waals surface area contributed by atoms with Crippen molar-refractivity contribution in [1.29, 1.82) is 0 Å². The van der Waals surface area contributed by atoms with Gasteiger partial charge in [-0.05, 0) is 37.1 Å². The van der Waals surface area contributed by atoms with Crippen LogP contribution in [-0.4, -0.2) is 21.9 Å². The third kappa shape index (κ3) is 3.21. The monoisotopic (exact) mass is 390 g/mol. The fraction of sp³-hybridized carbons (Fsp3) is 0.176. The Balaban J connectivity index is 2.08. The van der Waals surface area contributed by atoms with Gasteiger partial charge in [0.15, 0.2) is 5.82 Å². The number of nitro benzene ring substituents is 1. The third-order valence-electron chi connectivity index (χ3n) is 4.05. The first-order chi connectivity index (χ1) is 12.3. The van der Waals surface area contributed by atoms with Crippen LogP contribution in [0.1, 0.15) is 21.8 Å². The molecule has 3 aromatic rings. The molecule has 0 aliphatic carbocycles. The third-order valence-corrected chi connectivity index (χ3v) is 5.44. The average molecular weight is 391 g/mol. The number of aromatic nitrogens is 2. The van der Waals surface area contributed by atoms with E-state index in [1.165, 1.54) is 23.5 Å². The van der Waals surface area contributed by atoms with Crippen molar-refractivity contribution >= 4 is 55.6 Å². The van der Waals surface area contributed by atoms with Crippen molar-refractivity contribution in [3.63, 3.8) is 0 Å². The maximum absolute atomic E-state index is 12.3. The highest BCUT2D eigenvalue weighted by atomic mass is 35.5. The Hall–Kier alpha value is -2.71. The molecule has 1 aromatic carbocycles. The van der Waals surface area contributed by atoms with E-state index in [1.54, 1.807) is 19.2 Å². The highest BCUT2D eigenvalue weighted by molar-refractivity contribution is 7.18. The molecule has 0 radical (unpaired) electrons. The van der Waals surface area contributed by atoms with E-state index < -0.39 is 4.92 Å². The first-order valence-electron chi connectivity index (χ1n) is 7.65. The molecular weight excluding hydrogens is 376 g/mol. The van der Waals surface area contributed by atoms with E-state index in [4.69, 9.17) is 11.6 Å². The highest BCUT2D eigenvalue weighted by Gasteiger charge is 2.15. The van der Waals surface area contributed by atoms with E-state index in [0.717, 1.165) is 10.4 Å². The number of halogens is 1. The quantitative estimate of drug-likeness (QED) is 0.511. The minimum Gasteiger partial charge on any atom is -0.383 e. The van der Waals surface area contributed by atoms with Gasteiger partial charge in [0.05, 0.1) is 15.3 Å². The molecule has 9 heteroatoms. The normalized spacial score (nSPS) is 11.8. The lowest BCUT2D eigenvalue weighted by molar-refractivity contribution is -0.383. The second kappa shape index (κ2) is 6.89. The highest BCUT2D eigenvalue weighted by Crippen LogP contribution is 2.30. The smallest absolute Gasteiger partial charge is 0.292 e. The molecule has 0 saturated heterocycles. The number of nitrogens with one attached hydrogen (secondary N) is 2. The topological polar surface area (TPSA) is 101 Å². The van der Waals surface area contributed by atoms with Crippen LogP contribution in [0.5, 0.6) is 0 Å². The number of fused-ring (bicyclic) bond motifs is 1. The van der Waals surface area contributed by atoms with E-state index in [1.807, 2.05) is 13.8 Å². The van der Waals surface area contributed by atoms with E-state index in [0.29, 0.717) is 21.5 Å². The van der Waals surface area contributed by atoms with Crippen LogP contribution < -0.4 is 10.9 Å². The van der Waals surface area contributed by atoms with Crippen LogP contribution in [0.25, 0.3) is 21.3 Å². The predicted octanol–water partition coefficient (Wildman–Crippen LogP) is 4.29. The Labute approximate surface area is 157 Å². The van der Waals surface area contributed by atoms with Gasteiger partial charge in [-0.25, -0.2) is 4.98 Å². The summed E-state index contributed by atoms with van der Waals surface area (Å²) in [6, 6.07) is 4.70. The lowest BCUT2D eigenvalue weighted by Crippen LogP contribution is -2.10. The summed E-state index contributed by atoms with van der Waals surface area (Å²) in [6.45, 7) is 3.81. The lowest BCUT2D eigenvalue weighted by Gasteiger charge is -2.04. The molecule has 26 heavy (non-hydrogen) atoms. The van der Waals surface area contributed by atoms with Crippen molar-refractivity contribution in [3.8, 4) is 0 Å². The maximum atomic E-state index is 12.3. The molecule has 134 valence electrons. The number of nitro groups is 1. The Morgan fingerprint density at radius 2 is 2.15 bits per heavy atom. The fourth-order valence-corrected chi connectivity index (χ4v) is 3.83. The molecule has 0 bridgehead atoms. The Bertz CT molecular complexity index is 1120. The maximum Gasteiger partial charge on any atom is 0.292 e. The summed E-state index contributed by atoms with van der Waals surface area (Å²) in [5.41, 5.74) is 1.52. The number of nitrogens with zero attached hydrogens (tertiary/aromatic N) is 2. The average Bonchev–Trinajstić information content (AvgIpc) is 2.89. The molecular formula is C17H15ClN4O3S. The van der Waals surface area contributed by atoms with Crippen molar-refractivity contribution in [2.75, 3.05) is 12.4 Å². The number of aromatic amines is 1. The van der Waals surface area contributed by atoms with Crippen molar-refractivity contribution in [2.45, 2.75) is 13.8 Å². The molecule has 0 spiro atoms. The zero-order valence-electron chi connectivity index (χ0n) is 14.2. The second-order valence-corrected chi connectivity index (χ2v) is 7.26. The number of anilines is 1. The minimum absolute atomic E-state index is 0.0628. The summed E-state index contributed by atoms with van der Waals surface area (Å²) in [7, 11) is 1.61. The molecule has 7 nitrogen and oxygen atoms in total. The molecule has 0 aliphatic heterocycles. The summed E-state index contributed by atoms with van der Waals surface area (Å²) < 4.78 is 0. The number of hydrogen-bond donors (Lipinski definition) is 2. The van der Waals surface area contributed by atoms with Crippen molar-refractivity contribution < 1.29 is 4.92 Å². The van der Waals surface area contributed by atoms with Gasteiger partial charge in [0.25, 0.3) is 11.2 Å². The molecule has 0 atom stereocenters. The van der Waals surface area contributed by atoms with Crippen LogP contribution in [-0.2, 0) is 0 Å². The standard InChI is InChI=1S/C17H15ClN4O3S/c1-8-9(2)26-17-14(8)16(23)20-15(21-17)11(18)6-10-4-5-12(19-3)13(7-10)22(24)25/h4-7,19H,1-3H3,(H,20,21,23). The molecule has 0 unspecified atom stereocenters. The SMILES string of the molecule is CNc1ccc(C=C(Cl)c2nc3sc(C)c(C)c3c(=O)[nH]2)cc1[N+](=O)[O-]. The Morgan fingerprint density at radius 1 is 1.42 bits per heavy atom. The van der Waals surface area contributed by atoms with E-state index in [2.05, 4.69) is 15.3 Å². The summed E-state index contributed by atoms with van der Waals surface area (Å²) in [5.74, 6) is 0.228. The van der Waals surface area contributed by atoms with Gasteiger partial charge in [0.1, 0.15) is 10.5 Å². The zero-order chi connectivity index (χ0) is 19.0. The number of hydrogen-bond acceptors (Lipinski definition) is 6. The Kier molecular flexibility index (Phi) is 4.80. The minimum atomic E-state index is -0.472. The molecule has 0 amide bonds. The summed E-state index contributed by atoms with van der Waals surface area (Å²) in [5, 5.41) is 14.7. The second-order valence-electron chi connectivity index (χ2n) is 5.65. The van der Waals surface area contributed by atoms with Gasteiger partial charge in [-0.2, -0.15) is 0 Å². The predicted molar refractivity (Wildman–Crippen MR) is 106 cm³/mol. The molecule has 2 aromatic heterocycles. The van der Waals surface area contributed by atoms with Crippen LogP contribution in [0.4, 0.5) is 11.4 Å². The molecule has 2 N–H and O–H groups in total. The van der Waals surface area contributed by atoms with Gasteiger partial charge in [-0.15, -0.1) is 11.3 Å². The summed E-state index contributed by atoms with van der Waals surface area (Å²) >= 11 is 7.74. The first kappa shape index (κ1) is 18.1. The molecule has 2 heterocycles. The number of rotatable bonds is 4. The molecule has 0 aliphatic rings. The van der Waals surface area contributed by atoms with Crippen LogP contribution >= 0.6 is 22.9 Å². The van der Waals surface area contributed by atoms with Crippen molar-refractivity contribution in [3.05, 3.63) is 60.5 Å². The van der Waals surface area contributed by atoms with Crippen LogP contribution in [0.2, 0.25) is 0 Å². The number of aryl methyl sites for hydroxylation is 2. The van der Waals surface area contributed by atoms with Gasteiger partial charge in [-0.1, -0.05) is 17.7 Å². The molecule has 0 fully saturated rings. The lowest BCUT2D eigenvalue weighted by atomic mass is 10.1. The summed E-state index contributed by atoms with van der Waals surface area (Å²) in [4.78, 5) is 31.8. The van der Waals surface area contributed by atoms with Gasteiger partial charge < -0.3 is 10.3 Å². The van der Waals surface area contributed by atoms with Crippen LogP contribution in [0.3, 0.4) is 0 Å². The largest absolute Gasteiger partial charge is 0.383 e. The molecule has 0 saturated carbocycles. The zero-order valence-corrected chi connectivity index (χ0v) is 15.8. The van der Waals surface area contributed by atoms with Crippen molar-refractivity contribution in [1.82, 2.24) is 9.97 Å². The number of benzene rings is 1. The van der Waals surface area contributed by atoms with Gasteiger partial charge in [-0.3, -0.25) is 14.9 Å². The van der Waals surface area contributed by atoms with E-state index in [9.17, 15) is 14.9 Å². The van der Waals surface area contributed by atoms with E-state index >= 15 is 0 Å². The van der Waals surface area contributed by atoms with Crippen LogP contribution in [0, 0.1) is 24.0 Å². The molecule has 3 rings (SSSR count). The number of H-pyrrole nitrogens is 1. The van der Waals surface area contributed by atoms with E-state index in [-0.39, 0.29) is 22.1 Å². The van der Waals surface area contributed by atoms with Gasteiger partial charge in [0, 0.05) is 18.0 Å². The van der Waals surface area contributed by atoms with Crippen LogP contribution in [0.15, 0.2) is 23.0 Å². The first-order valence-corrected chi connectivity index (χ1v) is 8.85. The Morgan fingerprint density at radius 3 is 2.81 bits per heavy atom. The number of thiophene rings is 1. The fourth-order valence-electron chi connectivity index (χ4n) is 2.58. The van der Waals surface area contributed by atoms with Crippen molar-refractivity contribution in [2.24, 2.45) is 0 Å². The van der Waals surface area contributed by atoms with Gasteiger partial charge >= 0.3 is 0 Å². The van der Waals surface area contributed by atoms with Gasteiger partial charge in [0.2, 0.25) is 0 Å².